The normalized spacial score (nSPS) is 11.1. The first-order valence-electron chi connectivity index (χ1n) is 7.60. The Kier molecular flexibility index (Phi) is 4.96. The Morgan fingerprint density at radius 3 is 2.64 bits per heavy atom. The molecule has 0 atom stereocenters. The van der Waals surface area contributed by atoms with E-state index < -0.39 is 0 Å². The molecular formula is C17H23NO4. The van der Waals surface area contributed by atoms with Crippen molar-refractivity contribution in [3.05, 3.63) is 28.6 Å². The number of pyridine rings is 1. The van der Waals surface area contributed by atoms with E-state index in [0.717, 1.165) is 18.2 Å². The van der Waals surface area contributed by atoms with Gasteiger partial charge in [-0.1, -0.05) is 13.3 Å². The largest absolute Gasteiger partial charge is 0.508 e. The van der Waals surface area contributed by atoms with Gasteiger partial charge in [-0.25, -0.2) is 0 Å². The van der Waals surface area contributed by atoms with E-state index >= 15 is 0 Å². The van der Waals surface area contributed by atoms with Crippen LogP contribution in [0.2, 0.25) is 0 Å². The number of aromatic nitrogens is 1. The number of aromatic hydroxyl groups is 1. The van der Waals surface area contributed by atoms with E-state index in [1.54, 1.807) is 25.2 Å². The van der Waals surface area contributed by atoms with Crippen molar-refractivity contribution in [1.82, 2.24) is 4.57 Å². The number of unbranched alkanes of at least 4 members (excludes halogenated alkanes) is 1. The van der Waals surface area contributed by atoms with Crippen LogP contribution in [0.3, 0.4) is 0 Å². The highest BCUT2D eigenvalue weighted by atomic mass is 16.5. The Labute approximate surface area is 130 Å². The fourth-order valence-corrected chi connectivity index (χ4v) is 2.27. The van der Waals surface area contributed by atoms with Crippen LogP contribution in [0.15, 0.2) is 23.0 Å². The van der Waals surface area contributed by atoms with Crippen molar-refractivity contribution in [2.75, 3.05) is 6.61 Å². The van der Waals surface area contributed by atoms with E-state index in [9.17, 15) is 9.90 Å². The average molecular weight is 305 g/mol. The monoisotopic (exact) mass is 305 g/mol. The molecule has 0 amide bonds. The summed E-state index contributed by atoms with van der Waals surface area (Å²) in [5.41, 5.74) is 0.353. The minimum absolute atomic E-state index is 0.111. The van der Waals surface area contributed by atoms with Gasteiger partial charge >= 0.3 is 0 Å². The first-order valence-corrected chi connectivity index (χ1v) is 7.60. The maximum absolute atomic E-state index is 12.6. The molecule has 0 aliphatic rings. The second-order valence-electron chi connectivity index (χ2n) is 5.59. The number of benzene rings is 1. The molecule has 5 nitrogen and oxygen atoms in total. The molecule has 0 bridgehead atoms. The third-order valence-electron chi connectivity index (χ3n) is 3.39. The first-order chi connectivity index (χ1) is 10.5. The van der Waals surface area contributed by atoms with E-state index in [1.807, 2.05) is 13.8 Å². The fourth-order valence-electron chi connectivity index (χ4n) is 2.27. The van der Waals surface area contributed by atoms with Gasteiger partial charge in [0.05, 0.1) is 18.2 Å². The maximum Gasteiger partial charge on any atom is 0.297 e. The number of nitrogens with zero attached hydrogens (tertiary/aromatic N) is 1. The Hall–Kier alpha value is -2.17. The summed E-state index contributed by atoms with van der Waals surface area (Å²) in [7, 11) is 1.66. The molecule has 0 unspecified atom stereocenters. The highest BCUT2D eigenvalue weighted by Gasteiger charge is 2.19. The van der Waals surface area contributed by atoms with Gasteiger partial charge < -0.3 is 19.1 Å². The molecule has 1 aromatic carbocycles. The third-order valence-corrected chi connectivity index (χ3v) is 3.39. The van der Waals surface area contributed by atoms with Crippen molar-refractivity contribution in [3.8, 4) is 17.2 Å². The summed E-state index contributed by atoms with van der Waals surface area (Å²) < 4.78 is 13.0. The Balaban J connectivity index is 2.67. The van der Waals surface area contributed by atoms with E-state index in [2.05, 4.69) is 6.92 Å². The quantitative estimate of drug-likeness (QED) is 0.833. The zero-order valence-corrected chi connectivity index (χ0v) is 13.5. The van der Waals surface area contributed by atoms with Gasteiger partial charge in [0.15, 0.2) is 5.75 Å². The van der Waals surface area contributed by atoms with Gasteiger partial charge in [0, 0.05) is 18.5 Å². The standard InChI is InChI=1S/C17H23NO4/c1-5-6-9-21-15-13-8-7-12(19)10-14(13)18(4)17(20)16(15)22-11(2)3/h7-8,10-11,19H,5-6,9H2,1-4H3. The van der Waals surface area contributed by atoms with E-state index in [0.29, 0.717) is 17.9 Å². The highest BCUT2D eigenvalue weighted by Crippen LogP contribution is 2.34. The Bertz CT molecular complexity index is 719. The number of rotatable bonds is 6. The van der Waals surface area contributed by atoms with Gasteiger partial charge in [0.25, 0.3) is 5.56 Å². The third kappa shape index (κ3) is 3.18. The van der Waals surface area contributed by atoms with Crippen molar-refractivity contribution in [2.45, 2.75) is 39.7 Å². The number of hydrogen-bond donors (Lipinski definition) is 1. The molecular weight excluding hydrogens is 282 g/mol. The van der Waals surface area contributed by atoms with Crippen LogP contribution in [0.25, 0.3) is 10.9 Å². The summed E-state index contributed by atoms with van der Waals surface area (Å²) in [6.07, 6.45) is 1.77. The SMILES string of the molecule is CCCCOc1c(OC(C)C)c(=O)n(C)c2cc(O)ccc12. The van der Waals surface area contributed by atoms with Crippen LogP contribution >= 0.6 is 0 Å². The molecule has 5 heteroatoms. The van der Waals surface area contributed by atoms with Crippen molar-refractivity contribution in [1.29, 1.82) is 0 Å². The van der Waals surface area contributed by atoms with Crippen LogP contribution in [0.5, 0.6) is 17.2 Å². The lowest BCUT2D eigenvalue weighted by Gasteiger charge is -2.18. The smallest absolute Gasteiger partial charge is 0.297 e. The number of hydrogen-bond acceptors (Lipinski definition) is 4. The Morgan fingerprint density at radius 2 is 2.00 bits per heavy atom. The lowest BCUT2D eigenvalue weighted by atomic mass is 10.1. The molecule has 2 rings (SSSR count). The number of phenolic OH excluding ortho intramolecular Hbond substituents is 1. The molecule has 1 N–H and O–H groups in total. The summed E-state index contributed by atoms with van der Waals surface area (Å²) >= 11 is 0. The van der Waals surface area contributed by atoms with Crippen LogP contribution < -0.4 is 15.0 Å². The van der Waals surface area contributed by atoms with Gasteiger partial charge in [-0.15, -0.1) is 0 Å². The average Bonchev–Trinajstić information content (AvgIpc) is 2.47. The first kappa shape index (κ1) is 16.2. The lowest BCUT2D eigenvalue weighted by Crippen LogP contribution is -2.23. The molecule has 0 aliphatic heterocycles. The minimum Gasteiger partial charge on any atom is -0.508 e. The molecule has 2 aromatic rings. The molecule has 0 saturated carbocycles. The van der Waals surface area contributed by atoms with Gasteiger partial charge in [-0.2, -0.15) is 0 Å². The van der Waals surface area contributed by atoms with Crippen molar-refractivity contribution >= 4 is 10.9 Å². The second kappa shape index (κ2) is 6.73. The number of fused-ring (bicyclic) bond motifs is 1. The van der Waals surface area contributed by atoms with Crippen LogP contribution in [0.1, 0.15) is 33.6 Å². The lowest BCUT2D eigenvalue weighted by molar-refractivity contribution is 0.217. The van der Waals surface area contributed by atoms with Crippen LogP contribution in [-0.4, -0.2) is 22.4 Å². The topological polar surface area (TPSA) is 60.7 Å². The fraction of sp³-hybridized carbons (Fsp3) is 0.471. The molecule has 0 radical (unpaired) electrons. The van der Waals surface area contributed by atoms with Gasteiger partial charge in [-0.05, 0) is 32.4 Å². The summed E-state index contributed by atoms with van der Waals surface area (Å²) in [5.74, 6) is 0.798. The van der Waals surface area contributed by atoms with Gasteiger partial charge in [0.1, 0.15) is 5.75 Å². The second-order valence-corrected chi connectivity index (χ2v) is 5.59. The Morgan fingerprint density at radius 1 is 1.27 bits per heavy atom. The molecule has 22 heavy (non-hydrogen) atoms. The van der Waals surface area contributed by atoms with Crippen molar-refractivity contribution in [3.63, 3.8) is 0 Å². The van der Waals surface area contributed by atoms with Crippen molar-refractivity contribution < 1.29 is 14.6 Å². The maximum atomic E-state index is 12.6. The number of phenols is 1. The molecule has 1 heterocycles. The van der Waals surface area contributed by atoms with Gasteiger partial charge in [-0.3, -0.25) is 4.79 Å². The zero-order valence-electron chi connectivity index (χ0n) is 13.5. The minimum atomic E-state index is -0.265. The molecule has 0 spiro atoms. The number of ether oxygens (including phenoxy) is 2. The van der Waals surface area contributed by atoms with Crippen LogP contribution in [0.4, 0.5) is 0 Å². The molecule has 0 saturated heterocycles. The van der Waals surface area contributed by atoms with Crippen LogP contribution in [0, 0.1) is 0 Å². The summed E-state index contributed by atoms with van der Waals surface area (Å²) in [6, 6.07) is 4.89. The molecule has 0 fully saturated rings. The van der Waals surface area contributed by atoms with Gasteiger partial charge in [0.2, 0.25) is 5.75 Å². The highest BCUT2D eigenvalue weighted by molar-refractivity contribution is 5.88. The number of aryl methyl sites for hydroxylation is 1. The van der Waals surface area contributed by atoms with Crippen LogP contribution in [-0.2, 0) is 7.05 Å². The molecule has 1 aromatic heterocycles. The summed E-state index contributed by atoms with van der Waals surface area (Å²) in [5, 5.41) is 10.4. The van der Waals surface area contributed by atoms with E-state index in [1.165, 1.54) is 4.57 Å². The summed E-state index contributed by atoms with van der Waals surface area (Å²) in [6.45, 7) is 6.34. The van der Waals surface area contributed by atoms with Crippen molar-refractivity contribution in [2.24, 2.45) is 7.05 Å². The molecule has 120 valence electrons. The predicted octanol–water partition coefficient (Wildman–Crippen LogP) is 3.21. The van der Waals surface area contributed by atoms with E-state index in [4.69, 9.17) is 9.47 Å². The zero-order chi connectivity index (χ0) is 16.3. The predicted molar refractivity (Wildman–Crippen MR) is 87.0 cm³/mol. The van der Waals surface area contributed by atoms with E-state index in [-0.39, 0.29) is 23.2 Å². The molecule has 0 aliphatic carbocycles. The summed E-state index contributed by atoms with van der Waals surface area (Å²) in [4.78, 5) is 12.6.